The molecule has 0 bridgehead atoms. The Morgan fingerprint density at radius 3 is 2.52 bits per heavy atom. The van der Waals surface area contributed by atoms with Crippen LogP contribution in [0.4, 0.5) is 11.4 Å². The van der Waals surface area contributed by atoms with E-state index >= 15 is 0 Å². The number of carbonyl (C=O) groups excluding carboxylic acids is 1. The summed E-state index contributed by atoms with van der Waals surface area (Å²) in [6, 6.07) is 9.59. The molecule has 2 aromatic rings. The van der Waals surface area contributed by atoms with Gasteiger partial charge in [-0.1, -0.05) is 29.3 Å². The molecule has 21 heavy (non-hydrogen) atoms. The Balaban J connectivity index is 2.28. The molecule has 0 saturated heterocycles. The normalized spacial score (nSPS) is 10.2. The van der Waals surface area contributed by atoms with Gasteiger partial charge in [0.2, 0.25) is 0 Å². The number of anilines is 1. The first-order chi connectivity index (χ1) is 9.88. The predicted molar refractivity (Wildman–Crippen MR) is 82.0 cm³/mol. The van der Waals surface area contributed by atoms with E-state index in [0.717, 1.165) is 11.1 Å². The van der Waals surface area contributed by atoms with Crippen LogP contribution in [0.1, 0.15) is 21.5 Å². The zero-order valence-electron chi connectivity index (χ0n) is 11.5. The lowest BCUT2D eigenvalue weighted by molar-refractivity contribution is -0.384. The van der Waals surface area contributed by atoms with Crippen molar-refractivity contribution in [3.63, 3.8) is 0 Å². The molecule has 0 atom stereocenters. The summed E-state index contributed by atoms with van der Waals surface area (Å²) in [5.41, 5.74) is 2.58. The zero-order valence-corrected chi connectivity index (χ0v) is 12.3. The van der Waals surface area contributed by atoms with E-state index in [-0.39, 0.29) is 16.3 Å². The lowest BCUT2D eigenvalue weighted by Gasteiger charge is -2.09. The number of benzene rings is 2. The van der Waals surface area contributed by atoms with Gasteiger partial charge in [0.15, 0.2) is 0 Å². The Labute approximate surface area is 126 Å². The fraction of sp³-hybridized carbons (Fsp3) is 0.133. The van der Waals surface area contributed by atoms with Gasteiger partial charge in [-0.15, -0.1) is 0 Å². The maximum absolute atomic E-state index is 12.2. The second-order valence-corrected chi connectivity index (χ2v) is 5.10. The van der Waals surface area contributed by atoms with E-state index in [4.69, 9.17) is 11.6 Å². The summed E-state index contributed by atoms with van der Waals surface area (Å²) in [6.07, 6.45) is 0. The molecule has 0 spiro atoms. The highest BCUT2D eigenvalue weighted by molar-refractivity contribution is 6.32. The van der Waals surface area contributed by atoms with E-state index in [1.165, 1.54) is 18.2 Å². The van der Waals surface area contributed by atoms with Gasteiger partial charge in [0.1, 0.15) is 5.02 Å². The molecule has 2 rings (SSSR count). The van der Waals surface area contributed by atoms with Crippen LogP contribution < -0.4 is 5.32 Å². The highest BCUT2D eigenvalue weighted by atomic mass is 35.5. The van der Waals surface area contributed by atoms with Crippen LogP contribution >= 0.6 is 11.6 Å². The van der Waals surface area contributed by atoms with Crippen LogP contribution in [0.5, 0.6) is 0 Å². The highest BCUT2D eigenvalue weighted by Crippen LogP contribution is 2.26. The van der Waals surface area contributed by atoms with Gasteiger partial charge in [-0.2, -0.15) is 0 Å². The molecule has 2 aromatic carbocycles. The van der Waals surface area contributed by atoms with Gasteiger partial charge in [0, 0.05) is 17.3 Å². The summed E-state index contributed by atoms with van der Waals surface area (Å²) in [5, 5.41) is 13.6. The number of hydrogen-bond donors (Lipinski definition) is 1. The van der Waals surface area contributed by atoms with E-state index < -0.39 is 10.8 Å². The maximum atomic E-state index is 12.2. The van der Waals surface area contributed by atoms with Crippen molar-refractivity contribution in [1.29, 1.82) is 0 Å². The first kappa shape index (κ1) is 15.0. The van der Waals surface area contributed by atoms with Crippen LogP contribution in [0.15, 0.2) is 36.4 Å². The van der Waals surface area contributed by atoms with E-state index in [1.54, 1.807) is 6.07 Å². The van der Waals surface area contributed by atoms with Crippen LogP contribution in [0.25, 0.3) is 0 Å². The topological polar surface area (TPSA) is 72.2 Å². The molecule has 1 amide bonds. The third-order valence-corrected chi connectivity index (χ3v) is 3.35. The van der Waals surface area contributed by atoms with Crippen molar-refractivity contribution in [2.45, 2.75) is 13.8 Å². The number of halogens is 1. The van der Waals surface area contributed by atoms with Gasteiger partial charge < -0.3 is 5.32 Å². The van der Waals surface area contributed by atoms with Crippen molar-refractivity contribution >= 4 is 28.9 Å². The van der Waals surface area contributed by atoms with Gasteiger partial charge in [-0.05, 0) is 37.6 Å². The zero-order chi connectivity index (χ0) is 15.6. The lowest BCUT2D eigenvalue weighted by Crippen LogP contribution is -2.13. The number of nitrogens with one attached hydrogen (secondary N) is 1. The van der Waals surface area contributed by atoms with Gasteiger partial charge in [0.05, 0.1) is 4.92 Å². The molecular weight excluding hydrogens is 292 g/mol. The fourth-order valence-electron chi connectivity index (χ4n) is 1.94. The number of nitrogens with zero attached hydrogens (tertiary/aromatic N) is 1. The minimum atomic E-state index is -0.615. The smallest absolute Gasteiger partial charge is 0.288 e. The second kappa shape index (κ2) is 5.93. The van der Waals surface area contributed by atoms with Crippen molar-refractivity contribution in [3.8, 4) is 0 Å². The van der Waals surface area contributed by atoms with Gasteiger partial charge in [-0.3, -0.25) is 14.9 Å². The summed E-state index contributed by atoms with van der Waals surface area (Å²) >= 11 is 5.73. The van der Waals surface area contributed by atoms with E-state index in [2.05, 4.69) is 5.32 Å². The van der Waals surface area contributed by atoms with Crippen LogP contribution in [0.2, 0.25) is 5.02 Å². The lowest BCUT2D eigenvalue weighted by atomic mass is 10.1. The molecule has 5 nitrogen and oxygen atoms in total. The molecular formula is C15H13ClN2O3. The summed E-state index contributed by atoms with van der Waals surface area (Å²) in [4.78, 5) is 22.4. The van der Waals surface area contributed by atoms with Crippen LogP contribution in [-0.2, 0) is 0 Å². The predicted octanol–water partition coefficient (Wildman–Crippen LogP) is 4.12. The standard InChI is InChI=1S/C15H13ClN2O3/c1-9-3-6-13(10(2)7-9)17-15(19)11-4-5-12(16)14(8-11)18(20)21/h3-8H,1-2H3,(H,17,19). The minimum absolute atomic E-state index is 0.00284. The average molecular weight is 305 g/mol. The van der Waals surface area contributed by atoms with Gasteiger partial charge >= 0.3 is 0 Å². The quantitative estimate of drug-likeness (QED) is 0.685. The minimum Gasteiger partial charge on any atom is -0.322 e. The number of rotatable bonds is 3. The Kier molecular flexibility index (Phi) is 4.23. The van der Waals surface area contributed by atoms with E-state index in [0.29, 0.717) is 5.69 Å². The van der Waals surface area contributed by atoms with Crippen molar-refractivity contribution < 1.29 is 9.72 Å². The van der Waals surface area contributed by atoms with Crippen molar-refractivity contribution in [2.75, 3.05) is 5.32 Å². The van der Waals surface area contributed by atoms with Gasteiger partial charge in [0.25, 0.3) is 11.6 Å². The summed E-state index contributed by atoms with van der Waals surface area (Å²) in [5.74, 6) is -0.415. The Morgan fingerprint density at radius 2 is 1.90 bits per heavy atom. The summed E-state index contributed by atoms with van der Waals surface area (Å²) in [6.45, 7) is 3.84. The molecule has 1 N–H and O–H groups in total. The Morgan fingerprint density at radius 1 is 1.19 bits per heavy atom. The molecule has 0 aliphatic carbocycles. The Bertz CT molecular complexity index is 729. The molecule has 0 aliphatic rings. The number of carbonyl (C=O) groups is 1. The van der Waals surface area contributed by atoms with Crippen LogP contribution in [0.3, 0.4) is 0 Å². The number of aryl methyl sites for hydroxylation is 2. The third kappa shape index (κ3) is 3.38. The van der Waals surface area contributed by atoms with Crippen LogP contribution in [-0.4, -0.2) is 10.8 Å². The molecule has 108 valence electrons. The van der Waals surface area contributed by atoms with Crippen LogP contribution in [0, 0.1) is 24.0 Å². The first-order valence-corrected chi connectivity index (χ1v) is 6.59. The molecule has 0 aliphatic heterocycles. The summed E-state index contributed by atoms with van der Waals surface area (Å²) in [7, 11) is 0. The first-order valence-electron chi connectivity index (χ1n) is 6.21. The number of amides is 1. The number of nitro benzene ring substituents is 1. The van der Waals surface area contributed by atoms with Crippen molar-refractivity contribution in [2.24, 2.45) is 0 Å². The molecule has 0 heterocycles. The molecule has 0 radical (unpaired) electrons. The third-order valence-electron chi connectivity index (χ3n) is 3.04. The second-order valence-electron chi connectivity index (χ2n) is 4.70. The Hall–Kier alpha value is -2.40. The number of nitro groups is 1. The molecule has 0 fully saturated rings. The van der Waals surface area contributed by atoms with Crippen molar-refractivity contribution in [1.82, 2.24) is 0 Å². The molecule has 6 heteroatoms. The monoisotopic (exact) mass is 304 g/mol. The van der Waals surface area contributed by atoms with Crippen molar-refractivity contribution in [3.05, 3.63) is 68.2 Å². The van der Waals surface area contributed by atoms with Gasteiger partial charge in [-0.25, -0.2) is 0 Å². The fourth-order valence-corrected chi connectivity index (χ4v) is 2.13. The SMILES string of the molecule is Cc1ccc(NC(=O)c2ccc(Cl)c([N+](=O)[O-])c2)c(C)c1. The molecule has 0 saturated carbocycles. The van der Waals surface area contributed by atoms with E-state index in [1.807, 2.05) is 26.0 Å². The molecule has 0 aromatic heterocycles. The largest absolute Gasteiger partial charge is 0.322 e. The number of hydrogen-bond acceptors (Lipinski definition) is 3. The average Bonchev–Trinajstić information content (AvgIpc) is 2.42. The highest BCUT2D eigenvalue weighted by Gasteiger charge is 2.16. The maximum Gasteiger partial charge on any atom is 0.288 e. The summed E-state index contributed by atoms with van der Waals surface area (Å²) < 4.78 is 0. The molecule has 0 unspecified atom stereocenters. The van der Waals surface area contributed by atoms with E-state index in [9.17, 15) is 14.9 Å².